The molecule has 1 aromatic carbocycles. The summed E-state index contributed by atoms with van der Waals surface area (Å²) in [5.41, 5.74) is 2.38. The molecule has 0 N–H and O–H groups in total. The molecule has 2 heteroatoms. The standard InChI is InChI=1S/C12H13ClO/c1-8(2)7-11(14)10-6-4-5-9(3)12(10)13/h4-6H,1,7H2,2-3H3. The average molecular weight is 209 g/mol. The normalized spacial score (nSPS) is 9.93. The van der Waals surface area contributed by atoms with E-state index in [2.05, 4.69) is 6.58 Å². The van der Waals surface area contributed by atoms with Crippen LogP contribution in [0.2, 0.25) is 5.02 Å². The van der Waals surface area contributed by atoms with Crippen molar-refractivity contribution in [3.05, 3.63) is 46.5 Å². The molecule has 74 valence electrons. The summed E-state index contributed by atoms with van der Waals surface area (Å²) in [6.07, 6.45) is 0.364. The molecule has 0 radical (unpaired) electrons. The molecule has 0 aliphatic rings. The average Bonchev–Trinajstić information content (AvgIpc) is 2.08. The van der Waals surface area contributed by atoms with E-state index in [0.29, 0.717) is 17.0 Å². The van der Waals surface area contributed by atoms with Crippen LogP contribution in [0.5, 0.6) is 0 Å². The third-order valence-electron chi connectivity index (χ3n) is 1.95. The predicted molar refractivity (Wildman–Crippen MR) is 60.0 cm³/mol. The van der Waals surface area contributed by atoms with Crippen LogP contribution in [0.25, 0.3) is 0 Å². The minimum absolute atomic E-state index is 0.0335. The molecule has 0 fully saturated rings. The van der Waals surface area contributed by atoms with Crippen LogP contribution in [0, 0.1) is 6.92 Å². The van der Waals surface area contributed by atoms with Crippen molar-refractivity contribution >= 4 is 17.4 Å². The molecule has 1 nitrogen and oxygen atoms in total. The molecule has 0 unspecified atom stereocenters. The van der Waals surface area contributed by atoms with Gasteiger partial charge in [0.25, 0.3) is 0 Å². The maximum absolute atomic E-state index is 11.7. The molecule has 0 spiro atoms. The summed E-state index contributed by atoms with van der Waals surface area (Å²) in [7, 11) is 0. The fraction of sp³-hybridized carbons (Fsp3) is 0.250. The third-order valence-corrected chi connectivity index (χ3v) is 2.46. The SMILES string of the molecule is C=C(C)CC(=O)c1cccc(C)c1Cl. The van der Waals surface area contributed by atoms with E-state index in [-0.39, 0.29) is 5.78 Å². The lowest BCUT2D eigenvalue weighted by Crippen LogP contribution is -2.00. The van der Waals surface area contributed by atoms with E-state index in [1.54, 1.807) is 6.07 Å². The number of benzene rings is 1. The highest BCUT2D eigenvalue weighted by molar-refractivity contribution is 6.34. The Morgan fingerprint density at radius 3 is 2.71 bits per heavy atom. The number of rotatable bonds is 3. The van der Waals surface area contributed by atoms with Gasteiger partial charge in [-0.2, -0.15) is 0 Å². The first kappa shape index (κ1) is 11.0. The van der Waals surface area contributed by atoms with E-state index >= 15 is 0 Å². The van der Waals surface area contributed by atoms with Gasteiger partial charge in [-0.3, -0.25) is 4.79 Å². The van der Waals surface area contributed by atoms with Crippen molar-refractivity contribution in [2.75, 3.05) is 0 Å². The molecule has 0 aliphatic carbocycles. The monoisotopic (exact) mass is 208 g/mol. The van der Waals surface area contributed by atoms with Crippen molar-refractivity contribution in [2.45, 2.75) is 20.3 Å². The molecular weight excluding hydrogens is 196 g/mol. The summed E-state index contributed by atoms with van der Waals surface area (Å²) in [6, 6.07) is 5.48. The van der Waals surface area contributed by atoms with Crippen LogP contribution in [0.4, 0.5) is 0 Å². The quantitative estimate of drug-likeness (QED) is 0.546. The Kier molecular flexibility index (Phi) is 3.48. The lowest BCUT2D eigenvalue weighted by Gasteiger charge is -2.05. The number of allylic oxidation sites excluding steroid dienone is 1. The van der Waals surface area contributed by atoms with Crippen molar-refractivity contribution in [3.63, 3.8) is 0 Å². The molecule has 0 saturated heterocycles. The van der Waals surface area contributed by atoms with Crippen molar-refractivity contribution < 1.29 is 4.79 Å². The Hall–Kier alpha value is -1.08. The Morgan fingerprint density at radius 1 is 1.50 bits per heavy atom. The summed E-state index contributed by atoms with van der Waals surface area (Å²) in [4.78, 5) is 11.7. The molecule has 14 heavy (non-hydrogen) atoms. The minimum atomic E-state index is 0.0335. The van der Waals surface area contributed by atoms with Gasteiger partial charge in [0.15, 0.2) is 5.78 Å². The first-order chi connectivity index (χ1) is 6.52. The predicted octanol–water partition coefficient (Wildman–Crippen LogP) is 3.80. The number of carbonyl (C=O) groups excluding carboxylic acids is 1. The van der Waals surface area contributed by atoms with Gasteiger partial charge in [-0.25, -0.2) is 0 Å². The fourth-order valence-electron chi connectivity index (χ4n) is 1.23. The summed E-state index contributed by atoms with van der Waals surface area (Å²) in [5.74, 6) is 0.0335. The molecular formula is C12H13ClO. The van der Waals surface area contributed by atoms with Crippen molar-refractivity contribution in [1.29, 1.82) is 0 Å². The molecule has 1 aromatic rings. The zero-order valence-electron chi connectivity index (χ0n) is 8.43. The first-order valence-electron chi connectivity index (χ1n) is 4.45. The van der Waals surface area contributed by atoms with Gasteiger partial charge >= 0.3 is 0 Å². The third kappa shape index (κ3) is 2.46. The number of hydrogen-bond acceptors (Lipinski definition) is 1. The number of halogens is 1. The maximum atomic E-state index is 11.7. The lowest BCUT2D eigenvalue weighted by molar-refractivity contribution is 0.0993. The van der Waals surface area contributed by atoms with Crippen molar-refractivity contribution in [1.82, 2.24) is 0 Å². The smallest absolute Gasteiger partial charge is 0.168 e. The zero-order valence-corrected chi connectivity index (χ0v) is 9.19. The highest BCUT2D eigenvalue weighted by Gasteiger charge is 2.11. The number of carbonyl (C=O) groups is 1. The molecule has 0 amide bonds. The Bertz CT molecular complexity index is 380. The molecule has 1 rings (SSSR count). The van der Waals surface area contributed by atoms with Crippen LogP contribution in [-0.2, 0) is 0 Å². The van der Waals surface area contributed by atoms with E-state index < -0.39 is 0 Å². The van der Waals surface area contributed by atoms with Crippen LogP contribution >= 0.6 is 11.6 Å². The molecule has 0 heterocycles. The van der Waals surface area contributed by atoms with Gasteiger partial charge in [0, 0.05) is 12.0 Å². The van der Waals surface area contributed by atoms with E-state index in [4.69, 9.17) is 11.6 Å². The van der Waals surface area contributed by atoms with E-state index in [9.17, 15) is 4.79 Å². The highest BCUT2D eigenvalue weighted by atomic mass is 35.5. The fourth-order valence-corrected chi connectivity index (χ4v) is 1.46. The summed E-state index contributed by atoms with van der Waals surface area (Å²) < 4.78 is 0. The van der Waals surface area contributed by atoms with Gasteiger partial charge in [0.2, 0.25) is 0 Å². The van der Waals surface area contributed by atoms with Gasteiger partial charge in [0.1, 0.15) is 0 Å². The summed E-state index contributed by atoms with van der Waals surface area (Å²) in [6.45, 7) is 7.43. The van der Waals surface area contributed by atoms with E-state index in [0.717, 1.165) is 11.1 Å². The van der Waals surface area contributed by atoms with Gasteiger partial charge < -0.3 is 0 Å². The zero-order chi connectivity index (χ0) is 10.7. The molecule has 0 aliphatic heterocycles. The number of hydrogen-bond donors (Lipinski definition) is 0. The van der Waals surface area contributed by atoms with Crippen molar-refractivity contribution in [3.8, 4) is 0 Å². The molecule has 0 bridgehead atoms. The van der Waals surface area contributed by atoms with E-state index in [1.807, 2.05) is 26.0 Å². The van der Waals surface area contributed by atoms with Crippen molar-refractivity contribution in [2.24, 2.45) is 0 Å². The molecule has 0 atom stereocenters. The van der Waals surface area contributed by atoms with Gasteiger partial charge in [-0.1, -0.05) is 35.9 Å². The largest absolute Gasteiger partial charge is 0.294 e. The highest BCUT2D eigenvalue weighted by Crippen LogP contribution is 2.22. The minimum Gasteiger partial charge on any atom is -0.294 e. The number of Topliss-reactive ketones (excluding diaryl/α,β-unsaturated/α-hetero) is 1. The maximum Gasteiger partial charge on any atom is 0.168 e. The summed E-state index contributed by atoms with van der Waals surface area (Å²) in [5, 5.41) is 0.554. The number of aryl methyl sites for hydroxylation is 1. The Morgan fingerprint density at radius 2 is 2.14 bits per heavy atom. The van der Waals surface area contributed by atoms with E-state index in [1.165, 1.54) is 0 Å². The van der Waals surface area contributed by atoms with Crippen LogP contribution in [0.1, 0.15) is 29.3 Å². The van der Waals surface area contributed by atoms with Gasteiger partial charge in [-0.05, 0) is 25.5 Å². The van der Waals surface area contributed by atoms with Gasteiger partial charge in [0.05, 0.1) is 5.02 Å². The van der Waals surface area contributed by atoms with Crippen LogP contribution in [0.3, 0.4) is 0 Å². The second-order valence-corrected chi connectivity index (χ2v) is 3.87. The van der Waals surface area contributed by atoms with Crippen LogP contribution < -0.4 is 0 Å². The van der Waals surface area contributed by atoms with Crippen LogP contribution in [-0.4, -0.2) is 5.78 Å². The lowest BCUT2D eigenvalue weighted by atomic mass is 10.0. The molecule has 0 aromatic heterocycles. The Balaban J connectivity index is 3.01. The summed E-state index contributed by atoms with van der Waals surface area (Å²) >= 11 is 6.02. The number of ketones is 1. The van der Waals surface area contributed by atoms with Crippen LogP contribution in [0.15, 0.2) is 30.4 Å². The second kappa shape index (κ2) is 4.43. The first-order valence-corrected chi connectivity index (χ1v) is 4.83. The second-order valence-electron chi connectivity index (χ2n) is 3.49. The van der Waals surface area contributed by atoms with Gasteiger partial charge in [-0.15, -0.1) is 0 Å². The Labute approximate surface area is 89.4 Å². The topological polar surface area (TPSA) is 17.1 Å². The molecule has 0 saturated carbocycles.